The predicted octanol–water partition coefficient (Wildman–Crippen LogP) is 6.73. The van der Waals surface area contributed by atoms with Crippen LogP contribution in [0.3, 0.4) is 0 Å². The summed E-state index contributed by atoms with van der Waals surface area (Å²) in [6.07, 6.45) is 0.0968. The molecule has 4 rings (SSSR count). The van der Waals surface area contributed by atoms with Crippen molar-refractivity contribution in [2.24, 2.45) is 0 Å². The van der Waals surface area contributed by atoms with Gasteiger partial charge in [0.05, 0.1) is 20.8 Å². The Labute approximate surface area is 220 Å². The number of rotatable bonds is 10. The second-order valence-corrected chi connectivity index (χ2v) is 10.0. The van der Waals surface area contributed by atoms with E-state index in [0.29, 0.717) is 22.8 Å². The van der Waals surface area contributed by atoms with Crippen LogP contribution in [-0.2, 0) is 16.0 Å². The maximum absolute atomic E-state index is 13.6. The number of ether oxygens (including phenoxy) is 4. The molecule has 1 aromatic heterocycles. The van der Waals surface area contributed by atoms with Gasteiger partial charge in [-0.05, 0) is 68.1 Å². The van der Waals surface area contributed by atoms with Crippen molar-refractivity contribution in [3.63, 3.8) is 0 Å². The van der Waals surface area contributed by atoms with Crippen molar-refractivity contribution in [1.29, 1.82) is 0 Å². The number of hydrogen-bond donors (Lipinski definition) is 0. The molecule has 192 valence electrons. The Kier molecular flexibility index (Phi) is 7.83. The van der Waals surface area contributed by atoms with Crippen molar-refractivity contribution in [3.05, 3.63) is 77.9 Å². The maximum atomic E-state index is 13.6. The summed E-state index contributed by atoms with van der Waals surface area (Å²) in [6.45, 7) is 5.32. The van der Waals surface area contributed by atoms with Crippen LogP contribution in [0.15, 0.2) is 66.7 Å². The lowest BCUT2D eigenvalue weighted by Gasteiger charge is -2.24. The van der Waals surface area contributed by atoms with E-state index in [9.17, 15) is 9.59 Å². The van der Waals surface area contributed by atoms with E-state index in [1.807, 2.05) is 24.3 Å². The van der Waals surface area contributed by atoms with Crippen molar-refractivity contribution in [2.75, 3.05) is 20.8 Å². The first kappa shape index (κ1) is 26.2. The summed E-state index contributed by atoms with van der Waals surface area (Å²) in [7, 11) is 3.10. The van der Waals surface area contributed by atoms with E-state index in [2.05, 4.69) is 18.2 Å². The number of carbonyl (C=O) groups excluding carboxylic acids is 2. The maximum Gasteiger partial charge on any atom is 0.349 e. The molecule has 0 amide bonds. The van der Waals surface area contributed by atoms with Gasteiger partial charge in [0.2, 0.25) is 0 Å². The molecular weight excluding hydrogens is 488 g/mol. The van der Waals surface area contributed by atoms with Crippen molar-refractivity contribution in [2.45, 2.75) is 32.8 Å². The number of Topliss-reactive ketones (excluding diaryl/α,β-unsaturated/α-hetero) is 1. The molecule has 4 aromatic rings. The average molecular weight is 519 g/mol. The Morgan fingerprint density at radius 2 is 1.70 bits per heavy atom. The zero-order valence-electron chi connectivity index (χ0n) is 21.6. The summed E-state index contributed by atoms with van der Waals surface area (Å²) in [5, 5.41) is 1.14. The van der Waals surface area contributed by atoms with Crippen LogP contribution in [0.2, 0.25) is 0 Å². The minimum atomic E-state index is -1.16. The normalized spacial score (nSPS) is 11.3. The van der Waals surface area contributed by atoms with Gasteiger partial charge in [-0.15, -0.1) is 11.3 Å². The Bertz CT molecular complexity index is 1400. The molecule has 0 radical (unpaired) electrons. The lowest BCUT2D eigenvalue weighted by atomic mass is 9.97. The fourth-order valence-corrected chi connectivity index (χ4v) is 5.24. The van der Waals surface area contributed by atoms with Crippen LogP contribution in [0.5, 0.6) is 17.2 Å². The number of ketones is 1. The second-order valence-electron chi connectivity index (χ2n) is 8.95. The molecule has 0 fully saturated rings. The Morgan fingerprint density at radius 1 is 0.919 bits per heavy atom. The number of benzene rings is 3. The first-order valence-corrected chi connectivity index (χ1v) is 12.8. The second kappa shape index (κ2) is 11.0. The minimum Gasteiger partial charge on any atom is -0.496 e. The summed E-state index contributed by atoms with van der Waals surface area (Å²) in [6, 6.07) is 21.1. The minimum absolute atomic E-state index is 0.0968. The molecule has 37 heavy (non-hydrogen) atoms. The highest BCUT2D eigenvalue weighted by atomic mass is 32.1. The fourth-order valence-electron chi connectivity index (χ4n) is 4.15. The lowest BCUT2D eigenvalue weighted by Crippen LogP contribution is -2.39. The van der Waals surface area contributed by atoms with E-state index in [4.69, 9.17) is 18.9 Å². The average Bonchev–Trinajstić information content (AvgIpc) is 3.32. The van der Waals surface area contributed by atoms with Gasteiger partial charge in [-0.3, -0.25) is 4.79 Å². The molecule has 0 atom stereocenters. The Morgan fingerprint density at radius 3 is 2.41 bits per heavy atom. The highest BCUT2D eigenvalue weighted by Crippen LogP contribution is 2.43. The third-order valence-electron chi connectivity index (χ3n) is 5.92. The van der Waals surface area contributed by atoms with Gasteiger partial charge >= 0.3 is 5.97 Å². The smallest absolute Gasteiger partial charge is 0.349 e. The number of thiophene rings is 1. The van der Waals surface area contributed by atoms with Crippen LogP contribution in [0.25, 0.3) is 20.5 Å². The molecular formula is C30H30O6S. The molecule has 0 spiro atoms. The lowest BCUT2D eigenvalue weighted by molar-refractivity contribution is -0.158. The number of carbonyl (C=O) groups is 2. The summed E-state index contributed by atoms with van der Waals surface area (Å²) >= 11 is 1.64. The summed E-state index contributed by atoms with van der Waals surface area (Å²) in [5.41, 5.74) is 0.793. The van der Waals surface area contributed by atoms with E-state index in [1.165, 1.54) is 7.11 Å². The molecule has 1 heterocycles. The number of methoxy groups -OCH3 is 2. The van der Waals surface area contributed by atoms with Gasteiger partial charge in [0.15, 0.2) is 11.4 Å². The molecule has 0 aliphatic heterocycles. The highest BCUT2D eigenvalue weighted by Gasteiger charge is 2.31. The van der Waals surface area contributed by atoms with Gasteiger partial charge in [0, 0.05) is 21.6 Å². The first-order chi connectivity index (χ1) is 17.8. The third kappa shape index (κ3) is 5.62. The standard InChI is InChI=1S/C30H30O6S/c1-6-35-29(32)30(2,3)36-21-12-9-10-19(16-21)17-23(31)27-24(33-4)15-14-22(28(27)34-5)26-18-20-11-7-8-13-25(20)37-26/h7-16,18H,6,17H2,1-5H3. The van der Waals surface area contributed by atoms with Crippen LogP contribution < -0.4 is 14.2 Å². The van der Waals surface area contributed by atoms with Crippen LogP contribution >= 0.6 is 11.3 Å². The van der Waals surface area contributed by atoms with Gasteiger partial charge in [-0.1, -0.05) is 30.3 Å². The van der Waals surface area contributed by atoms with Crippen molar-refractivity contribution in [1.82, 2.24) is 0 Å². The largest absolute Gasteiger partial charge is 0.496 e. The molecule has 0 saturated heterocycles. The Balaban J connectivity index is 1.66. The molecule has 6 nitrogen and oxygen atoms in total. The third-order valence-corrected chi connectivity index (χ3v) is 7.07. The van der Waals surface area contributed by atoms with Crippen LogP contribution in [0.4, 0.5) is 0 Å². The number of hydrogen-bond acceptors (Lipinski definition) is 7. The van der Waals surface area contributed by atoms with Crippen molar-refractivity contribution in [3.8, 4) is 27.7 Å². The molecule has 0 aliphatic rings. The van der Waals surface area contributed by atoms with Gasteiger partial charge in [-0.25, -0.2) is 4.79 Å². The number of esters is 1. The zero-order chi connectivity index (χ0) is 26.6. The van der Waals surface area contributed by atoms with Gasteiger partial charge in [0.25, 0.3) is 0 Å². The van der Waals surface area contributed by atoms with E-state index in [0.717, 1.165) is 26.1 Å². The predicted molar refractivity (Wildman–Crippen MR) is 146 cm³/mol. The first-order valence-electron chi connectivity index (χ1n) is 12.0. The molecule has 0 N–H and O–H groups in total. The van der Waals surface area contributed by atoms with Crippen molar-refractivity contribution < 1.29 is 28.5 Å². The molecule has 0 saturated carbocycles. The van der Waals surface area contributed by atoms with Crippen molar-refractivity contribution >= 4 is 33.2 Å². The van der Waals surface area contributed by atoms with E-state index < -0.39 is 11.6 Å². The van der Waals surface area contributed by atoms with E-state index in [-0.39, 0.29) is 18.8 Å². The molecule has 0 unspecified atom stereocenters. The van der Waals surface area contributed by atoms with Crippen LogP contribution in [0, 0.1) is 0 Å². The SMILES string of the molecule is CCOC(=O)C(C)(C)Oc1cccc(CC(=O)c2c(OC)ccc(-c3cc4ccccc4s3)c2OC)c1. The van der Waals surface area contributed by atoms with E-state index in [1.54, 1.807) is 63.5 Å². The molecule has 3 aromatic carbocycles. The highest BCUT2D eigenvalue weighted by molar-refractivity contribution is 7.22. The number of fused-ring (bicyclic) bond motifs is 1. The van der Waals surface area contributed by atoms with Crippen LogP contribution in [0.1, 0.15) is 36.7 Å². The van der Waals surface area contributed by atoms with Crippen LogP contribution in [-0.4, -0.2) is 38.2 Å². The summed E-state index contributed by atoms with van der Waals surface area (Å²) in [5.74, 6) is 0.790. The molecule has 7 heteroatoms. The monoisotopic (exact) mass is 518 g/mol. The van der Waals surface area contributed by atoms with E-state index >= 15 is 0 Å². The quantitative estimate of drug-likeness (QED) is 0.171. The van der Waals surface area contributed by atoms with Gasteiger partial charge in [0.1, 0.15) is 22.8 Å². The molecule has 0 aliphatic carbocycles. The Hall–Kier alpha value is -3.84. The summed E-state index contributed by atoms with van der Waals surface area (Å²) < 4.78 is 23.5. The van der Waals surface area contributed by atoms with Gasteiger partial charge < -0.3 is 18.9 Å². The van der Waals surface area contributed by atoms with Gasteiger partial charge in [-0.2, -0.15) is 0 Å². The molecule has 0 bridgehead atoms. The zero-order valence-corrected chi connectivity index (χ0v) is 22.4. The fraction of sp³-hybridized carbons (Fsp3) is 0.267. The summed E-state index contributed by atoms with van der Waals surface area (Å²) in [4.78, 5) is 26.9. The topological polar surface area (TPSA) is 71.1 Å².